The van der Waals surface area contributed by atoms with Crippen molar-refractivity contribution in [1.82, 2.24) is 9.78 Å². The van der Waals surface area contributed by atoms with Crippen molar-refractivity contribution in [3.8, 4) is 16.9 Å². The van der Waals surface area contributed by atoms with Gasteiger partial charge >= 0.3 is 0 Å². The highest BCUT2D eigenvalue weighted by atomic mass is 79.9. The summed E-state index contributed by atoms with van der Waals surface area (Å²) in [4.78, 5) is 0. The SMILES string of the molecule is Cn1ncc(-c2cccc(OCC3CC3)c2Br)c1N. The van der Waals surface area contributed by atoms with Gasteiger partial charge in [0.05, 0.1) is 17.3 Å². The van der Waals surface area contributed by atoms with Gasteiger partial charge < -0.3 is 10.5 Å². The number of anilines is 1. The molecule has 3 rings (SSSR count). The number of hydrogen-bond donors (Lipinski definition) is 1. The van der Waals surface area contributed by atoms with E-state index in [9.17, 15) is 0 Å². The molecule has 0 radical (unpaired) electrons. The third-order valence-corrected chi connectivity index (χ3v) is 4.23. The third-order valence-electron chi connectivity index (χ3n) is 3.41. The van der Waals surface area contributed by atoms with Crippen LogP contribution in [0.1, 0.15) is 12.8 Å². The van der Waals surface area contributed by atoms with Crippen LogP contribution in [0.4, 0.5) is 5.82 Å². The van der Waals surface area contributed by atoms with E-state index in [1.807, 2.05) is 25.2 Å². The molecular formula is C14H16BrN3O. The molecule has 2 aromatic rings. The molecule has 0 unspecified atom stereocenters. The van der Waals surface area contributed by atoms with Crippen LogP contribution in [0.25, 0.3) is 11.1 Å². The minimum atomic E-state index is 0.653. The molecule has 0 spiro atoms. The number of benzene rings is 1. The molecule has 1 aromatic carbocycles. The number of ether oxygens (including phenoxy) is 1. The molecule has 0 amide bonds. The van der Waals surface area contributed by atoms with Crippen molar-refractivity contribution < 1.29 is 4.74 Å². The van der Waals surface area contributed by atoms with Crippen molar-refractivity contribution in [3.05, 3.63) is 28.9 Å². The lowest BCUT2D eigenvalue weighted by Crippen LogP contribution is -2.01. The van der Waals surface area contributed by atoms with Gasteiger partial charge in [-0.15, -0.1) is 0 Å². The summed E-state index contributed by atoms with van der Waals surface area (Å²) >= 11 is 3.61. The van der Waals surface area contributed by atoms with Gasteiger partial charge in [-0.1, -0.05) is 12.1 Å². The van der Waals surface area contributed by atoms with Gasteiger partial charge in [0.25, 0.3) is 0 Å². The lowest BCUT2D eigenvalue weighted by atomic mass is 10.1. The summed E-state index contributed by atoms with van der Waals surface area (Å²) in [6.07, 6.45) is 4.35. The Morgan fingerprint density at radius 1 is 1.42 bits per heavy atom. The van der Waals surface area contributed by atoms with Crippen molar-refractivity contribution in [2.75, 3.05) is 12.3 Å². The molecule has 1 aliphatic carbocycles. The number of rotatable bonds is 4. The Morgan fingerprint density at radius 2 is 2.21 bits per heavy atom. The maximum absolute atomic E-state index is 6.02. The van der Waals surface area contributed by atoms with Crippen LogP contribution in [-0.4, -0.2) is 16.4 Å². The topological polar surface area (TPSA) is 53.1 Å². The molecule has 1 aliphatic rings. The van der Waals surface area contributed by atoms with Gasteiger partial charge in [-0.05, 0) is 40.8 Å². The molecule has 2 N–H and O–H groups in total. The van der Waals surface area contributed by atoms with Crippen LogP contribution >= 0.6 is 15.9 Å². The quantitative estimate of drug-likeness (QED) is 0.940. The van der Waals surface area contributed by atoms with Gasteiger partial charge in [-0.3, -0.25) is 4.68 Å². The average Bonchev–Trinajstić information content (AvgIpc) is 3.17. The van der Waals surface area contributed by atoms with E-state index < -0.39 is 0 Å². The molecule has 100 valence electrons. The van der Waals surface area contributed by atoms with E-state index in [2.05, 4.69) is 21.0 Å². The summed E-state index contributed by atoms with van der Waals surface area (Å²) in [5.41, 5.74) is 7.96. The lowest BCUT2D eigenvalue weighted by molar-refractivity contribution is 0.298. The van der Waals surface area contributed by atoms with Crippen molar-refractivity contribution in [2.45, 2.75) is 12.8 Å². The first kappa shape index (κ1) is 12.5. The van der Waals surface area contributed by atoms with Gasteiger partial charge in [-0.2, -0.15) is 5.10 Å². The predicted octanol–water partition coefficient (Wildman–Crippen LogP) is 3.22. The Kier molecular flexibility index (Phi) is 3.22. The van der Waals surface area contributed by atoms with Crippen LogP contribution in [0.15, 0.2) is 28.9 Å². The molecule has 5 heteroatoms. The number of nitrogens with zero attached hydrogens (tertiary/aromatic N) is 2. The van der Waals surface area contributed by atoms with Crippen LogP contribution < -0.4 is 10.5 Å². The third kappa shape index (κ3) is 2.47. The molecule has 19 heavy (non-hydrogen) atoms. The number of nitrogens with two attached hydrogens (primary N) is 1. The molecule has 1 aromatic heterocycles. The first-order valence-corrected chi connectivity index (χ1v) is 7.15. The smallest absolute Gasteiger partial charge is 0.134 e. The Labute approximate surface area is 120 Å². The Bertz CT molecular complexity index is 605. The first-order valence-electron chi connectivity index (χ1n) is 6.36. The van der Waals surface area contributed by atoms with Gasteiger partial charge in [0.1, 0.15) is 11.6 Å². The Balaban J connectivity index is 1.92. The van der Waals surface area contributed by atoms with E-state index in [0.29, 0.717) is 5.82 Å². The fourth-order valence-corrected chi connectivity index (χ4v) is 2.57. The largest absolute Gasteiger partial charge is 0.492 e. The molecule has 0 bridgehead atoms. The summed E-state index contributed by atoms with van der Waals surface area (Å²) in [6.45, 7) is 0.796. The van der Waals surface area contributed by atoms with E-state index in [1.165, 1.54) is 12.8 Å². The number of aromatic nitrogens is 2. The van der Waals surface area contributed by atoms with Crippen LogP contribution in [-0.2, 0) is 7.05 Å². The molecule has 0 aliphatic heterocycles. The van der Waals surface area contributed by atoms with Crippen molar-refractivity contribution in [1.29, 1.82) is 0 Å². The van der Waals surface area contributed by atoms with E-state index >= 15 is 0 Å². The van der Waals surface area contributed by atoms with Gasteiger partial charge in [0, 0.05) is 18.2 Å². The van der Waals surface area contributed by atoms with Crippen molar-refractivity contribution in [2.24, 2.45) is 13.0 Å². The normalized spacial score (nSPS) is 14.6. The molecule has 0 atom stereocenters. The number of nitrogen functional groups attached to an aromatic ring is 1. The highest BCUT2D eigenvalue weighted by Crippen LogP contribution is 2.38. The molecule has 1 saturated carbocycles. The van der Waals surface area contributed by atoms with Crippen molar-refractivity contribution in [3.63, 3.8) is 0 Å². The second-order valence-electron chi connectivity index (χ2n) is 4.94. The standard InChI is InChI=1S/C14H16BrN3O/c1-18-14(16)11(7-17-18)10-3-2-4-12(13(10)15)19-8-9-5-6-9/h2-4,7,9H,5-6,8,16H2,1H3. The summed E-state index contributed by atoms with van der Waals surface area (Å²) < 4.78 is 8.46. The van der Waals surface area contributed by atoms with Gasteiger partial charge in [0.15, 0.2) is 0 Å². The molecule has 4 nitrogen and oxygen atoms in total. The molecule has 1 heterocycles. The monoisotopic (exact) mass is 321 g/mol. The zero-order valence-corrected chi connectivity index (χ0v) is 12.4. The van der Waals surface area contributed by atoms with E-state index in [1.54, 1.807) is 10.9 Å². The Morgan fingerprint density at radius 3 is 2.84 bits per heavy atom. The van der Waals surface area contributed by atoms with Crippen LogP contribution in [0, 0.1) is 5.92 Å². The first-order chi connectivity index (χ1) is 9.16. The molecule has 0 saturated heterocycles. The molecule has 1 fully saturated rings. The van der Waals surface area contributed by atoms with Crippen LogP contribution in [0.2, 0.25) is 0 Å². The highest BCUT2D eigenvalue weighted by molar-refractivity contribution is 9.10. The average molecular weight is 322 g/mol. The van der Waals surface area contributed by atoms with E-state index in [-0.39, 0.29) is 0 Å². The number of halogens is 1. The second-order valence-corrected chi connectivity index (χ2v) is 5.73. The summed E-state index contributed by atoms with van der Waals surface area (Å²) in [6, 6.07) is 5.97. The van der Waals surface area contributed by atoms with Gasteiger partial charge in [0.2, 0.25) is 0 Å². The summed E-state index contributed by atoms with van der Waals surface area (Å²) in [5.74, 6) is 2.26. The summed E-state index contributed by atoms with van der Waals surface area (Å²) in [5, 5.41) is 4.18. The van der Waals surface area contributed by atoms with E-state index in [0.717, 1.165) is 33.9 Å². The fraction of sp³-hybridized carbons (Fsp3) is 0.357. The van der Waals surface area contributed by atoms with E-state index in [4.69, 9.17) is 10.5 Å². The van der Waals surface area contributed by atoms with Crippen LogP contribution in [0.3, 0.4) is 0 Å². The lowest BCUT2D eigenvalue weighted by Gasteiger charge is -2.11. The zero-order valence-electron chi connectivity index (χ0n) is 10.8. The minimum absolute atomic E-state index is 0.653. The molecular weight excluding hydrogens is 306 g/mol. The Hall–Kier alpha value is -1.49. The van der Waals surface area contributed by atoms with Crippen LogP contribution in [0.5, 0.6) is 5.75 Å². The van der Waals surface area contributed by atoms with Gasteiger partial charge in [-0.25, -0.2) is 0 Å². The number of aryl methyl sites for hydroxylation is 1. The predicted molar refractivity (Wildman–Crippen MR) is 79.0 cm³/mol. The van der Waals surface area contributed by atoms with Crippen molar-refractivity contribution >= 4 is 21.7 Å². The number of hydrogen-bond acceptors (Lipinski definition) is 3. The highest BCUT2D eigenvalue weighted by Gasteiger charge is 2.22. The summed E-state index contributed by atoms with van der Waals surface area (Å²) in [7, 11) is 1.83. The minimum Gasteiger partial charge on any atom is -0.492 e. The maximum Gasteiger partial charge on any atom is 0.134 e. The fourth-order valence-electron chi connectivity index (χ4n) is 1.98. The maximum atomic E-state index is 6.02. The zero-order chi connectivity index (χ0) is 13.4. The second kappa shape index (κ2) is 4.89.